The molecule has 2 fully saturated rings. The number of aromatic nitrogens is 4. The second kappa shape index (κ2) is 9.17. The lowest BCUT2D eigenvalue weighted by atomic mass is 9.72. The fraction of sp³-hybridized carbons (Fsp3) is 0.500. The van der Waals surface area contributed by atoms with E-state index in [9.17, 15) is 9.18 Å². The third kappa shape index (κ3) is 4.42. The van der Waals surface area contributed by atoms with Crippen molar-refractivity contribution in [3.05, 3.63) is 41.7 Å². The Bertz CT molecular complexity index is 1200. The summed E-state index contributed by atoms with van der Waals surface area (Å²) in [5.41, 5.74) is 1.84. The predicted octanol–water partition coefficient (Wildman–Crippen LogP) is 3.19. The van der Waals surface area contributed by atoms with Crippen LogP contribution in [0.2, 0.25) is 0 Å². The van der Waals surface area contributed by atoms with Crippen molar-refractivity contribution in [2.24, 2.45) is 5.41 Å². The van der Waals surface area contributed by atoms with Crippen LogP contribution in [0.25, 0.3) is 5.65 Å². The molecule has 0 radical (unpaired) electrons. The molecule has 5 heterocycles. The molecule has 34 heavy (non-hydrogen) atoms. The van der Waals surface area contributed by atoms with Crippen LogP contribution in [0.3, 0.4) is 0 Å². The van der Waals surface area contributed by atoms with E-state index in [-0.39, 0.29) is 17.1 Å². The highest BCUT2D eigenvalue weighted by Crippen LogP contribution is 2.40. The Hall–Kier alpha value is -3.27. The molecule has 9 nitrogen and oxygen atoms in total. The number of nitrogens with zero attached hydrogens (tertiary/aromatic N) is 5. The van der Waals surface area contributed by atoms with Crippen molar-refractivity contribution in [1.29, 1.82) is 0 Å². The molecule has 2 aliphatic heterocycles. The number of rotatable bonds is 5. The van der Waals surface area contributed by atoms with Crippen molar-refractivity contribution < 1.29 is 13.9 Å². The largest absolute Gasteiger partial charge is 0.477 e. The molecule has 1 spiro atoms. The van der Waals surface area contributed by atoms with Crippen molar-refractivity contribution >= 4 is 23.2 Å². The van der Waals surface area contributed by atoms with Crippen molar-refractivity contribution in [3.8, 4) is 5.88 Å². The quantitative estimate of drug-likeness (QED) is 0.595. The number of nitrogens with one attached hydrogen (secondary N) is 2. The fourth-order valence-electron chi connectivity index (χ4n) is 5.00. The molecule has 3 aromatic heterocycles. The van der Waals surface area contributed by atoms with Crippen molar-refractivity contribution in [3.63, 3.8) is 0 Å². The number of halogens is 1. The normalized spacial score (nSPS) is 17.8. The highest BCUT2D eigenvalue weighted by molar-refractivity contribution is 6.05. The van der Waals surface area contributed by atoms with E-state index in [1.54, 1.807) is 23.7 Å². The molecule has 180 valence electrons. The van der Waals surface area contributed by atoms with Gasteiger partial charge in [-0.25, -0.2) is 14.4 Å². The minimum Gasteiger partial charge on any atom is -0.477 e. The fourth-order valence-corrected chi connectivity index (χ4v) is 5.00. The van der Waals surface area contributed by atoms with Crippen LogP contribution in [-0.4, -0.2) is 58.0 Å². The minimum atomic E-state index is -0.515. The van der Waals surface area contributed by atoms with Crippen LogP contribution in [0.5, 0.6) is 5.88 Å². The van der Waals surface area contributed by atoms with Crippen molar-refractivity contribution in [1.82, 2.24) is 24.7 Å². The third-order valence-corrected chi connectivity index (χ3v) is 6.92. The summed E-state index contributed by atoms with van der Waals surface area (Å²) in [6.07, 6.45) is 9.48. The number of ether oxygens (including phenoxy) is 1. The lowest BCUT2D eigenvalue weighted by Gasteiger charge is -2.44. The third-order valence-electron chi connectivity index (χ3n) is 6.92. The maximum absolute atomic E-state index is 14.4. The first-order valence-corrected chi connectivity index (χ1v) is 11.9. The van der Waals surface area contributed by atoms with E-state index >= 15 is 0 Å². The Balaban J connectivity index is 1.33. The summed E-state index contributed by atoms with van der Waals surface area (Å²) in [5, 5.41) is 6.18. The number of carbonyl (C=O) groups is 1. The monoisotopic (exact) mass is 467 g/mol. The van der Waals surface area contributed by atoms with E-state index < -0.39 is 11.7 Å². The molecule has 0 bridgehead atoms. The zero-order valence-corrected chi connectivity index (χ0v) is 19.6. The zero-order valence-electron chi connectivity index (χ0n) is 19.6. The number of fused-ring (bicyclic) bond motifs is 1. The highest BCUT2D eigenvalue weighted by Gasteiger charge is 2.36. The van der Waals surface area contributed by atoms with Crippen LogP contribution in [-0.2, 0) is 0 Å². The zero-order chi connectivity index (χ0) is 23.7. The van der Waals surface area contributed by atoms with Gasteiger partial charge >= 0.3 is 0 Å². The standard InChI is InChI=1S/C24H30FN7O2/c1-3-34-22-18(21(33)29-17-12-19(25)20-28-16(2)14-32(20)15-17)13-27-23(30-22)31-10-6-24(7-11-31)4-8-26-9-5-24/h12-15,26H,3-11H2,1-2H3,(H,29,33). The number of hydrogen-bond donors (Lipinski definition) is 2. The predicted molar refractivity (Wildman–Crippen MR) is 127 cm³/mol. The Morgan fingerprint density at radius 2 is 1.97 bits per heavy atom. The van der Waals surface area contributed by atoms with E-state index in [1.165, 1.54) is 25.1 Å². The maximum atomic E-state index is 14.4. The Kier molecular flexibility index (Phi) is 6.07. The Morgan fingerprint density at radius 3 is 2.71 bits per heavy atom. The minimum absolute atomic E-state index is 0.208. The maximum Gasteiger partial charge on any atom is 0.262 e. The topological polar surface area (TPSA) is 96.7 Å². The second-order valence-corrected chi connectivity index (χ2v) is 9.20. The van der Waals surface area contributed by atoms with Gasteiger partial charge in [-0.15, -0.1) is 0 Å². The number of carbonyl (C=O) groups excluding carboxylic acids is 1. The van der Waals surface area contributed by atoms with E-state index in [1.807, 2.05) is 6.92 Å². The van der Waals surface area contributed by atoms with Gasteiger partial charge in [0.15, 0.2) is 11.5 Å². The number of amides is 1. The molecule has 3 aromatic rings. The Labute approximate surface area is 197 Å². The number of imidazole rings is 1. The summed E-state index contributed by atoms with van der Waals surface area (Å²) in [6.45, 7) is 7.95. The van der Waals surface area contributed by atoms with Gasteiger partial charge in [0.25, 0.3) is 5.91 Å². The van der Waals surface area contributed by atoms with Gasteiger partial charge in [0.05, 0.1) is 18.0 Å². The lowest BCUT2D eigenvalue weighted by Crippen LogP contribution is -2.46. The van der Waals surface area contributed by atoms with Gasteiger partial charge in [0.1, 0.15) is 5.56 Å². The molecule has 0 saturated carbocycles. The molecule has 2 N–H and O–H groups in total. The summed E-state index contributed by atoms with van der Waals surface area (Å²) in [6, 6.07) is 1.25. The van der Waals surface area contributed by atoms with Crippen LogP contribution < -0.4 is 20.3 Å². The molecular weight excluding hydrogens is 437 g/mol. The van der Waals surface area contributed by atoms with Crippen molar-refractivity contribution in [2.45, 2.75) is 39.5 Å². The van der Waals surface area contributed by atoms with Gasteiger partial charge in [-0.1, -0.05) is 0 Å². The summed E-state index contributed by atoms with van der Waals surface area (Å²) >= 11 is 0. The van der Waals surface area contributed by atoms with Crippen LogP contribution in [0.4, 0.5) is 16.0 Å². The highest BCUT2D eigenvalue weighted by atomic mass is 19.1. The van der Waals surface area contributed by atoms with Crippen LogP contribution in [0.1, 0.15) is 48.7 Å². The van der Waals surface area contributed by atoms with Crippen molar-refractivity contribution in [2.75, 3.05) is 43.0 Å². The van der Waals surface area contributed by atoms with E-state index in [0.29, 0.717) is 29.4 Å². The van der Waals surface area contributed by atoms with Gasteiger partial charge < -0.3 is 24.7 Å². The van der Waals surface area contributed by atoms with Gasteiger partial charge in [0.2, 0.25) is 11.8 Å². The average Bonchev–Trinajstić information content (AvgIpc) is 3.21. The first-order chi connectivity index (χ1) is 16.5. The van der Waals surface area contributed by atoms with E-state index in [0.717, 1.165) is 39.0 Å². The molecule has 2 saturated heterocycles. The average molecular weight is 468 g/mol. The lowest BCUT2D eigenvalue weighted by molar-refractivity contribution is 0.102. The summed E-state index contributed by atoms with van der Waals surface area (Å²) < 4.78 is 21.7. The molecular formula is C24H30FN7O2. The van der Waals surface area contributed by atoms with Gasteiger partial charge in [0, 0.05) is 37.7 Å². The van der Waals surface area contributed by atoms with E-state index in [4.69, 9.17) is 4.74 Å². The SMILES string of the molecule is CCOc1nc(N2CCC3(CCNCC3)CC2)ncc1C(=O)Nc1cc(F)c2nc(C)cn2c1. The first-order valence-electron chi connectivity index (χ1n) is 11.9. The number of aryl methyl sites for hydroxylation is 1. The number of anilines is 2. The van der Waals surface area contributed by atoms with Gasteiger partial charge in [-0.3, -0.25) is 4.79 Å². The van der Waals surface area contributed by atoms with Gasteiger partial charge in [-0.05, 0) is 58.0 Å². The molecule has 0 aromatic carbocycles. The van der Waals surface area contributed by atoms with E-state index in [2.05, 4.69) is 30.5 Å². The molecule has 10 heteroatoms. The number of piperidine rings is 2. The summed E-state index contributed by atoms with van der Waals surface area (Å²) in [4.78, 5) is 28.4. The molecule has 0 atom stereocenters. The molecule has 1 amide bonds. The number of hydrogen-bond acceptors (Lipinski definition) is 7. The van der Waals surface area contributed by atoms with Crippen LogP contribution >= 0.6 is 0 Å². The second-order valence-electron chi connectivity index (χ2n) is 9.20. The summed E-state index contributed by atoms with van der Waals surface area (Å²) in [7, 11) is 0. The summed E-state index contributed by atoms with van der Waals surface area (Å²) in [5.74, 6) is -0.172. The first kappa shape index (κ1) is 22.5. The molecule has 0 unspecified atom stereocenters. The van der Waals surface area contributed by atoms with Crippen LogP contribution in [0, 0.1) is 18.2 Å². The van der Waals surface area contributed by atoms with Gasteiger partial charge in [-0.2, -0.15) is 4.98 Å². The molecule has 5 rings (SSSR count). The Morgan fingerprint density at radius 1 is 1.21 bits per heavy atom. The van der Waals surface area contributed by atoms with Crippen LogP contribution in [0.15, 0.2) is 24.7 Å². The molecule has 2 aliphatic rings. The smallest absolute Gasteiger partial charge is 0.262 e. The molecule has 0 aliphatic carbocycles. The number of pyridine rings is 1.